The van der Waals surface area contributed by atoms with E-state index in [1.165, 1.54) is 0 Å². The quantitative estimate of drug-likeness (QED) is 0.745. The summed E-state index contributed by atoms with van der Waals surface area (Å²) in [6, 6.07) is 7.16. The number of hydrogen-bond donors (Lipinski definition) is 1. The van der Waals surface area contributed by atoms with E-state index in [-0.39, 0.29) is 0 Å². The first-order chi connectivity index (χ1) is 5.86. The van der Waals surface area contributed by atoms with E-state index in [9.17, 15) is 0 Å². The molecule has 0 aliphatic heterocycles. The summed E-state index contributed by atoms with van der Waals surface area (Å²) in [5, 5.41) is 9.05. The van der Waals surface area contributed by atoms with Crippen LogP contribution in [0.5, 0.6) is 5.75 Å². The van der Waals surface area contributed by atoms with Crippen LogP contribution in [0.2, 0.25) is 0 Å². The first-order valence-corrected chi connectivity index (χ1v) is 5.40. The second kappa shape index (κ2) is 3.13. The minimum absolute atomic E-state index is 0.304. The number of aromatic hydroxyl groups is 1. The number of nitrogens with zero attached hydrogens (tertiary/aromatic N) is 1. The van der Waals surface area contributed by atoms with Crippen molar-refractivity contribution in [3.63, 3.8) is 0 Å². The fourth-order valence-corrected chi connectivity index (χ4v) is 2.32. The molecule has 0 aliphatic carbocycles. The zero-order valence-corrected chi connectivity index (χ0v) is 7.98. The molecule has 0 saturated carbocycles. The van der Waals surface area contributed by atoms with Gasteiger partial charge in [-0.3, -0.25) is 0 Å². The van der Waals surface area contributed by atoms with Crippen LogP contribution in [0.4, 0.5) is 0 Å². The fraction of sp³-hybridized carbons (Fsp3) is 0. The molecular weight excluding hydrogens is 217 g/mol. The van der Waals surface area contributed by atoms with Gasteiger partial charge >= 0.3 is 75.9 Å². The molecule has 2 rings (SSSR count). The number of phenols is 1. The minimum atomic E-state index is 0.304. The molecule has 0 aliphatic rings. The number of aromatic nitrogens is 1. The molecule has 1 aromatic heterocycles. The van der Waals surface area contributed by atoms with Crippen LogP contribution in [-0.4, -0.2) is 24.6 Å². The van der Waals surface area contributed by atoms with Crippen LogP contribution >= 0.6 is 0 Å². The predicted octanol–water partition coefficient (Wildman–Crippen LogP) is 1.51. The van der Waals surface area contributed by atoms with Gasteiger partial charge in [0, 0.05) is 0 Å². The Hall–Kier alpha value is -1.05. The van der Waals surface area contributed by atoms with E-state index in [1.54, 1.807) is 12.1 Å². The molecule has 1 heterocycles. The Bertz CT molecular complexity index is 353. The van der Waals surface area contributed by atoms with Gasteiger partial charge in [-0.1, -0.05) is 0 Å². The molecule has 2 nitrogen and oxygen atoms in total. The van der Waals surface area contributed by atoms with Gasteiger partial charge in [0.1, 0.15) is 0 Å². The summed E-state index contributed by atoms with van der Waals surface area (Å²) in [5.74, 6) is 0.304. The van der Waals surface area contributed by atoms with Crippen LogP contribution in [0.25, 0.3) is 10.1 Å². The summed E-state index contributed by atoms with van der Waals surface area (Å²) in [5.41, 5.74) is 1.11. The van der Waals surface area contributed by atoms with Gasteiger partial charge in [-0.05, 0) is 0 Å². The molecule has 0 fully saturated rings. The average molecular weight is 224 g/mol. The van der Waals surface area contributed by atoms with Gasteiger partial charge in [0.05, 0.1) is 0 Å². The van der Waals surface area contributed by atoms with E-state index in [4.69, 9.17) is 5.11 Å². The molecule has 0 bridgehead atoms. The van der Waals surface area contributed by atoms with Crippen molar-refractivity contribution in [2.45, 2.75) is 0 Å². The maximum absolute atomic E-state index is 9.05. The normalized spacial score (nSPS) is 10.0. The van der Waals surface area contributed by atoms with Crippen molar-refractivity contribution in [2.24, 2.45) is 0 Å². The molecule has 1 aromatic carbocycles. The van der Waals surface area contributed by atoms with Crippen molar-refractivity contribution in [3.8, 4) is 15.9 Å². The van der Waals surface area contributed by atoms with Crippen LogP contribution in [0.15, 0.2) is 35.4 Å². The van der Waals surface area contributed by atoms with Gasteiger partial charge in [-0.25, -0.2) is 0 Å². The zero-order valence-electron chi connectivity index (χ0n) is 6.27. The van der Waals surface area contributed by atoms with Crippen molar-refractivity contribution in [3.05, 3.63) is 35.4 Å². The molecule has 0 radical (unpaired) electrons. The Labute approximate surface area is 76.3 Å². The van der Waals surface area contributed by atoms with E-state index in [0.29, 0.717) is 20.3 Å². The third kappa shape index (κ3) is 1.42. The SMILES string of the molecule is Oc1ccc(-c2ncc[se]2)cc1. The van der Waals surface area contributed by atoms with Gasteiger partial charge < -0.3 is 0 Å². The van der Waals surface area contributed by atoms with Gasteiger partial charge in [0.15, 0.2) is 0 Å². The molecule has 2 aromatic rings. The van der Waals surface area contributed by atoms with E-state index in [1.807, 2.05) is 18.3 Å². The average Bonchev–Trinajstić information content (AvgIpc) is 2.58. The Kier molecular flexibility index (Phi) is 1.98. The summed E-state index contributed by atoms with van der Waals surface area (Å²) in [6.45, 7) is 0. The molecule has 12 heavy (non-hydrogen) atoms. The third-order valence-electron chi connectivity index (χ3n) is 1.55. The fourth-order valence-electron chi connectivity index (χ4n) is 0.970. The predicted molar refractivity (Wildman–Crippen MR) is 48.3 cm³/mol. The molecule has 0 atom stereocenters. The van der Waals surface area contributed by atoms with Crippen molar-refractivity contribution in [1.82, 2.24) is 4.98 Å². The Balaban J connectivity index is 2.43. The molecule has 0 amide bonds. The van der Waals surface area contributed by atoms with Crippen LogP contribution < -0.4 is 0 Å². The number of phenolic OH excluding ortho intramolecular Hbond substituents is 1. The molecular formula is C9H7NOSe. The van der Waals surface area contributed by atoms with Crippen LogP contribution in [0, 0.1) is 0 Å². The van der Waals surface area contributed by atoms with Gasteiger partial charge in [-0.15, -0.1) is 0 Å². The van der Waals surface area contributed by atoms with E-state index in [0.717, 1.165) is 10.1 Å². The molecule has 0 spiro atoms. The van der Waals surface area contributed by atoms with E-state index in [2.05, 4.69) is 9.92 Å². The number of rotatable bonds is 1. The standard InChI is InChI=1S/C9H7NOSe/c11-8-3-1-7(2-4-8)9-10-5-6-12-9/h1-6,11H. The molecule has 0 saturated heterocycles. The van der Waals surface area contributed by atoms with Gasteiger partial charge in [0.25, 0.3) is 0 Å². The summed E-state index contributed by atoms with van der Waals surface area (Å²) >= 11 is 0.372. The Morgan fingerprint density at radius 1 is 1.17 bits per heavy atom. The van der Waals surface area contributed by atoms with E-state index >= 15 is 0 Å². The monoisotopic (exact) mass is 225 g/mol. The Morgan fingerprint density at radius 3 is 2.50 bits per heavy atom. The summed E-state index contributed by atoms with van der Waals surface area (Å²) in [4.78, 5) is 6.30. The van der Waals surface area contributed by atoms with Crippen molar-refractivity contribution in [1.29, 1.82) is 0 Å². The summed E-state index contributed by atoms with van der Waals surface area (Å²) in [7, 11) is 0. The molecule has 0 unspecified atom stereocenters. The van der Waals surface area contributed by atoms with Crippen LogP contribution in [0.3, 0.4) is 0 Å². The second-order valence-electron chi connectivity index (χ2n) is 2.38. The van der Waals surface area contributed by atoms with Crippen LogP contribution in [-0.2, 0) is 0 Å². The first kappa shape index (κ1) is 7.59. The zero-order chi connectivity index (χ0) is 8.39. The topological polar surface area (TPSA) is 33.1 Å². The number of benzene rings is 1. The third-order valence-corrected chi connectivity index (χ3v) is 3.27. The van der Waals surface area contributed by atoms with Crippen molar-refractivity contribution >= 4 is 14.5 Å². The van der Waals surface area contributed by atoms with Crippen molar-refractivity contribution < 1.29 is 5.11 Å². The molecule has 3 heteroatoms. The number of hydrogen-bond acceptors (Lipinski definition) is 2. The molecule has 60 valence electrons. The maximum atomic E-state index is 9.05. The Morgan fingerprint density at radius 2 is 1.92 bits per heavy atom. The van der Waals surface area contributed by atoms with Crippen LogP contribution in [0.1, 0.15) is 0 Å². The van der Waals surface area contributed by atoms with E-state index < -0.39 is 0 Å². The molecule has 1 N–H and O–H groups in total. The van der Waals surface area contributed by atoms with Gasteiger partial charge in [0.2, 0.25) is 0 Å². The first-order valence-electron chi connectivity index (χ1n) is 3.55. The van der Waals surface area contributed by atoms with Crippen molar-refractivity contribution in [2.75, 3.05) is 0 Å². The van der Waals surface area contributed by atoms with Gasteiger partial charge in [-0.2, -0.15) is 0 Å². The summed E-state index contributed by atoms with van der Waals surface area (Å²) in [6.07, 6.45) is 1.84. The second-order valence-corrected chi connectivity index (χ2v) is 4.26. The summed E-state index contributed by atoms with van der Waals surface area (Å²) < 4.78 is 1.13.